The van der Waals surface area contributed by atoms with E-state index in [1.54, 1.807) is 35.1 Å². The average molecular weight is 473 g/mol. The van der Waals surface area contributed by atoms with Crippen LogP contribution in [0, 0.1) is 0 Å². The molecule has 0 saturated heterocycles. The van der Waals surface area contributed by atoms with Gasteiger partial charge in [0.25, 0.3) is 11.8 Å². The predicted octanol–water partition coefficient (Wildman–Crippen LogP) is 4.25. The smallest absolute Gasteiger partial charge is 0.258 e. The van der Waals surface area contributed by atoms with Gasteiger partial charge in [-0.1, -0.05) is 42.5 Å². The first-order valence-electron chi connectivity index (χ1n) is 11.3. The second-order valence-electron chi connectivity index (χ2n) is 8.34. The Bertz CT molecular complexity index is 1340. The Morgan fingerprint density at radius 3 is 2.60 bits per heavy atom. The van der Waals surface area contributed by atoms with Gasteiger partial charge in [0.15, 0.2) is 18.1 Å². The minimum Gasteiger partial charge on any atom is -0.493 e. The molecule has 0 unspecified atom stereocenters. The lowest BCUT2D eigenvalue weighted by molar-refractivity contribution is -0.123. The molecule has 35 heavy (non-hydrogen) atoms. The van der Waals surface area contributed by atoms with Gasteiger partial charge in [-0.15, -0.1) is 0 Å². The summed E-state index contributed by atoms with van der Waals surface area (Å²) in [5.74, 6) is 0.770. The molecule has 2 N–H and O–H groups in total. The Morgan fingerprint density at radius 1 is 1.00 bits per heavy atom. The number of anilines is 1. The molecule has 0 aliphatic carbocycles. The lowest BCUT2D eigenvalue weighted by Crippen LogP contribution is -2.34. The molecule has 0 bridgehead atoms. The molecule has 0 aliphatic rings. The highest BCUT2D eigenvalue weighted by Gasteiger charge is 2.15. The van der Waals surface area contributed by atoms with Crippen molar-refractivity contribution < 1.29 is 19.1 Å². The molecule has 180 valence electrons. The number of aromatic nitrogens is 2. The lowest BCUT2D eigenvalue weighted by atomic mass is 10.0. The van der Waals surface area contributed by atoms with Gasteiger partial charge in [0.2, 0.25) is 0 Å². The number of rotatable bonds is 9. The lowest BCUT2D eigenvalue weighted by Gasteiger charge is -2.14. The minimum absolute atomic E-state index is 0.0214. The fraction of sp³-hybridized carbons (Fsp3) is 0.222. The van der Waals surface area contributed by atoms with Crippen LogP contribution in [0.25, 0.3) is 10.8 Å². The Hall–Kier alpha value is -4.33. The number of methoxy groups -OCH3 is 1. The molecule has 0 atom stereocenters. The highest BCUT2D eigenvalue weighted by Crippen LogP contribution is 2.28. The third kappa shape index (κ3) is 5.78. The van der Waals surface area contributed by atoms with E-state index in [0.29, 0.717) is 29.4 Å². The zero-order chi connectivity index (χ0) is 24.8. The number of carbonyl (C=O) groups is 2. The number of hydrogen-bond acceptors (Lipinski definition) is 5. The summed E-state index contributed by atoms with van der Waals surface area (Å²) in [6.45, 7) is 4.12. The van der Waals surface area contributed by atoms with Gasteiger partial charge in [-0.05, 0) is 48.4 Å². The van der Waals surface area contributed by atoms with Crippen molar-refractivity contribution in [1.82, 2.24) is 15.1 Å². The van der Waals surface area contributed by atoms with E-state index >= 15 is 0 Å². The molecule has 0 aliphatic heterocycles. The molecule has 3 aromatic carbocycles. The quantitative estimate of drug-likeness (QED) is 0.380. The maximum atomic E-state index is 13.0. The number of hydrogen-bond donors (Lipinski definition) is 2. The fourth-order valence-electron chi connectivity index (χ4n) is 3.78. The topological polar surface area (TPSA) is 94.5 Å². The van der Waals surface area contributed by atoms with E-state index in [-0.39, 0.29) is 24.5 Å². The van der Waals surface area contributed by atoms with E-state index in [4.69, 9.17) is 9.47 Å². The highest BCUT2D eigenvalue weighted by atomic mass is 16.5. The summed E-state index contributed by atoms with van der Waals surface area (Å²) in [6.07, 6.45) is 1.65. The van der Waals surface area contributed by atoms with Crippen molar-refractivity contribution in [2.45, 2.75) is 26.4 Å². The molecule has 4 aromatic rings. The van der Waals surface area contributed by atoms with Gasteiger partial charge >= 0.3 is 0 Å². The van der Waals surface area contributed by atoms with Gasteiger partial charge in [-0.3, -0.25) is 9.59 Å². The van der Waals surface area contributed by atoms with Crippen LogP contribution in [-0.4, -0.2) is 41.4 Å². The van der Waals surface area contributed by atoms with Crippen molar-refractivity contribution in [2.75, 3.05) is 19.0 Å². The van der Waals surface area contributed by atoms with Gasteiger partial charge < -0.3 is 20.1 Å². The van der Waals surface area contributed by atoms with Crippen LogP contribution < -0.4 is 20.1 Å². The van der Waals surface area contributed by atoms with Crippen molar-refractivity contribution >= 4 is 28.4 Å². The van der Waals surface area contributed by atoms with Crippen LogP contribution >= 0.6 is 0 Å². The second kappa shape index (κ2) is 10.7. The van der Waals surface area contributed by atoms with E-state index in [2.05, 4.69) is 40.0 Å². The number of nitrogens with one attached hydrogen (secondary N) is 2. The number of benzene rings is 3. The van der Waals surface area contributed by atoms with Crippen LogP contribution in [0.15, 0.2) is 72.9 Å². The molecule has 1 aromatic heterocycles. The molecule has 8 heteroatoms. The van der Waals surface area contributed by atoms with Crippen molar-refractivity contribution in [3.05, 3.63) is 84.1 Å². The van der Waals surface area contributed by atoms with E-state index < -0.39 is 0 Å². The summed E-state index contributed by atoms with van der Waals surface area (Å²) in [7, 11) is 1.48. The van der Waals surface area contributed by atoms with Crippen LogP contribution in [0.4, 0.5) is 5.82 Å². The van der Waals surface area contributed by atoms with Crippen LogP contribution in [0.1, 0.15) is 29.8 Å². The number of ether oxygens (including phenoxy) is 2. The molecule has 1 heterocycles. The van der Waals surface area contributed by atoms with Crippen LogP contribution in [0.5, 0.6) is 11.5 Å². The molecule has 8 nitrogen and oxygen atoms in total. The zero-order valence-corrected chi connectivity index (χ0v) is 19.9. The first-order valence-corrected chi connectivity index (χ1v) is 11.3. The molecule has 0 saturated carbocycles. The van der Waals surface area contributed by atoms with E-state index in [9.17, 15) is 9.59 Å². The monoisotopic (exact) mass is 472 g/mol. The van der Waals surface area contributed by atoms with E-state index in [0.717, 1.165) is 16.3 Å². The Balaban J connectivity index is 1.47. The summed E-state index contributed by atoms with van der Waals surface area (Å²) in [4.78, 5) is 24.8. The first kappa shape index (κ1) is 23.8. The van der Waals surface area contributed by atoms with E-state index in [1.807, 2.05) is 32.0 Å². The number of amides is 2. The van der Waals surface area contributed by atoms with Crippen molar-refractivity contribution in [2.24, 2.45) is 0 Å². The van der Waals surface area contributed by atoms with Crippen LogP contribution in [0.2, 0.25) is 0 Å². The molecule has 2 amide bonds. The third-order valence-corrected chi connectivity index (χ3v) is 5.39. The first-order chi connectivity index (χ1) is 16.9. The Morgan fingerprint density at radius 2 is 1.80 bits per heavy atom. The highest BCUT2D eigenvalue weighted by molar-refractivity contribution is 6.04. The van der Waals surface area contributed by atoms with Gasteiger partial charge in [0, 0.05) is 17.7 Å². The summed E-state index contributed by atoms with van der Waals surface area (Å²) < 4.78 is 12.7. The number of fused-ring (bicyclic) bond motifs is 1. The van der Waals surface area contributed by atoms with Crippen molar-refractivity contribution in [3.8, 4) is 11.5 Å². The average Bonchev–Trinajstić information content (AvgIpc) is 3.28. The Labute approximate surface area is 203 Å². The number of nitrogens with zero attached hydrogens (tertiary/aromatic N) is 2. The van der Waals surface area contributed by atoms with Crippen molar-refractivity contribution in [1.29, 1.82) is 0 Å². The largest absolute Gasteiger partial charge is 0.493 e. The van der Waals surface area contributed by atoms with Gasteiger partial charge in [-0.2, -0.15) is 5.10 Å². The second-order valence-corrected chi connectivity index (χ2v) is 8.34. The molecular weight excluding hydrogens is 444 g/mol. The standard InChI is InChI=1S/C27H28N4O4/c1-18(2)29-26(32)17-35-23-12-11-20(15-24(23)34-3)27(33)30-25-13-14-28-31(25)16-21-9-6-8-19-7-4-5-10-22(19)21/h4-15,18H,16-17H2,1-3H3,(H,29,32)(H,30,33). The maximum Gasteiger partial charge on any atom is 0.258 e. The van der Waals surface area contributed by atoms with Gasteiger partial charge in [0.1, 0.15) is 5.82 Å². The predicted molar refractivity (Wildman–Crippen MR) is 135 cm³/mol. The summed E-state index contributed by atoms with van der Waals surface area (Å²) in [6, 6.07) is 20.9. The van der Waals surface area contributed by atoms with Crippen molar-refractivity contribution in [3.63, 3.8) is 0 Å². The molecule has 0 fully saturated rings. The third-order valence-electron chi connectivity index (χ3n) is 5.39. The fourth-order valence-corrected chi connectivity index (χ4v) is 3.78. The summed E-state index contributed by atoms with van der Waals surface area (Å²) in [5.41, 5.74) is 1.49. The normalized spacial score (nSPS) is 10.9. The Kier molecular flexibility index (Phi) is 7.30. The van der Waals surface area contributed by atoms with E-state index in [1.165, 1.54) is 7.11 Å². The SMILES string of the molecule is COc1cc(C(=O)Nc2ccnn2Cc2cccc3ccccc23)ccc1OCC(=O)NC(C)C. The number of carbonyl (C=O) groups excluding carboxylic acids is 2. The summed E-state index contributed by atoms with van der Waals surface area (Å²) >= 11 is 0. The zero-order valence-electron chi connectivity index (χ0n) is 19.9. The molecular formula is C27H28N4O4. The molecule has 0 spiro atoms. The van der Waals surface area contributed by atoms with Gasteiger partial charge in [-0.25, -0.2) is 4.68 Å². The van der Waals surface area contributed by atoms with Gasteiger partial charge in [0.05, 0.1) is 19.9 Å². The maximum absolute atomic E-state index is 13.0. The molecule has 4 rings (SSSR count). The molecule has 0 radical (unpaired) electrons. The van der Waals surface area contributed by atoms with Crippen LogP contribution in [-0.2, 0) is 11.3 Å². The summed E-state index contributed by atoms with van der Waals surface area (Å²) in [5, 5.41) is 12.4. The van der Waals surface area contributed by atoms with Crippen LogP contribution in [0.3, 0.4) is 0 Å². The minimum atomic E-state index is -0.313.